The summed E-state index contributed by atoms with van der Waals surface area (Å²) in [6, 6.07) is 16.7. The first kappa shape index (κ1) is 13.1. The molecule has 1 unspecified atom stereocenters. The summed E-state index contributed by atoms with van der Waals surface area (Å²) in [5.41, 5.74) is 4.58. The van der Waals surface area contributed by atoms with Gasteiger partial charge in [-0.15, -0.1) is 10.2 Å². The normalized spacial score (nSPS) is 16.4. The van der Waals surface area contributed by atoms with E-state index in [-0.39, 0.29) is 0 Å². The van der Waals surface area contributed by atoms with Crippen LogP contribution in [0.25, 0.3) is 17.1 Å². The number of nitrogens with one attached hydrogen (secondary N) is 1. The van der Waals surface area contributed by atoms with Crippen molar-refractivity contribution in [1.29, 1.82) is 0 Å². The van der Waals surface area contributed by atoms with Gasteiger partial charge >= 0.3 is 0 Å². The highest BCUT2D eigenvalue weighted by Crippen LogP contribution is 2.33. The highest BCUT2D eigenvalue weighted by atomic mass is 15.3. The maximum Gasteiger partial charge on any atom is 0.168 e. The van der Waals surface area contributed by atoms with Crippen LogP contribution in [0.4, 0.5) is 5.69 Å². The number of aromatic nitrogens is 3. The molecule has 4 nitrogen and oxygen atoms in total. The fourth-order valence-corrected chi connectivity index (χ4v) is 2.96. The molecule has 1 aromatic heterocycles. The molecule has 0 amide bonds. The second-order valence-electron chi connectivity index (χ2n) is 5.89. The van der Waals surface area contributed by atoms with Gasteiger partial charge in [-0.2, -0.15) is 0 Å². The van der Waals surface area contributed by atoms with Crippen LogP contribution in [0, 0.1) is 6.92 Å². The monoisotopic (exact) mass is 290 g/mol. The van der Waals surface area contributed by atoms with E-state index >= 15 is 0 Å². The Balaban J connectivity index is 2.01. The topological polar surface area (TPSA) is 42.7 Å². The molecule has 0 saturated heterocycles. The number of hydrogen-bond donors (Lipinski definition) is 1. The second kappa shape index (κ2) is 4.98. The number of benzene rings is 2. The molecule has 1 N–H and O–H groups in total. The Kier molecular flexibility index (Phi) is 2.96. The summed E-state index contributed by atoms with van der Waals surface area (Å²) in [7, 11) is 0. The Hall–Kier alpha value is -2.62. The van der Waals surface area contributed by atoms with Crippen LogP contribution in [0.2, 0.25) is 0 Å². The fourth-order valence-electron chi connectivity index (χ4n) is 2.96. The maximum absolute atomic E-state index is 4.48. The van der Waals surface area contributed by atoms with Crippen LogP contribution < -0.4 is 5.32 Å². The molecule has 2 heterocycles. The number of aryl methyl sites for hydroxylation is 1. The molecular weight excluding hydrogens is 272 g/mol. The van der Waals surface area contributed by atoms with Crippen molar-refractivity contribution in [3.8, 4) is 17.1 Å². The molecule has 1 aliphatic rings. The number of fused-ring (bicyclic) bond motifs is 3. The van der Waals surface area contributed by atoms with E-state index in [9.17, 15) is 0 Å². The first-order chi connectivity index (χ1) is 10.7. The van der Waals surface area contributed by atoms with E-state index in [4.69, 9.17) is 0 Å². The molecule has 0 radical (unpaired) electrons. The van der Waals surface area contributed by atoms with Crippen molar-refractivity contribution >= 4 is 5.69 Å². The molecule has 0 spiro atoms. The van der Waals surface area contributed by atoms with Crippen LogP contribution in [0.3, 0.4) is 0 Å². The van der Waals surface area contributed by atoms with Gasteiger partial charge in [0.15, 0.2) is 5.82 Å². The van der Waals surface area contributed by atoms with Gasteiger partial charge in [0.2, 0.25) is 0 Å². The first-order valence-electron chi connectivity index (χ1n) is 7.59. The molecule has 4 heteroatoms. The highest BCUT2D eigenvalue weighted by Gasteiger charge is 2.24. The molecule has 0 aliphatic carbocycles. The lowest BCUT2D eigenvalue weighted by molar-refractivity contribution is 0.725. The molecule has 1 aliphatic heterocycles. The van der Waals surface area contributed by atoms with Gasteiger partial charge in [-0.05, 0) is 24.6 Å². The number of hydrogen-bond acceptors (Lipinski definition) is 3. The summed E-state index contributed by atoms with van der Waals surface area (Å²) in [4.78, 5) is 0. The second-order valence-corrected chi connectivity index (χ2v) is 5.89. The van der Waals surface area contributed by atoms with Gasteiger partial charge in [0, 0.05) is 18.0 Å². The molecule has 2 aromatic carbocycles. The average molecular weight is 290 g/mol. The average Bonchev–Trinajstić information content (AvgIpc) is 2.94. The van der Waals surface area contributed by atoms with Crippen molar-refractivity contribution in [2.24, 2.45) is 0 Å². The van der Waals surface area contributed by atoms with Crippen molar-refractivity contribution in [2.45, 2.75) is 19.8 Å². The third-order valence-electron chi connectivity index (χ3n) is 4.15. The minimum atomic E-state index is 0.303. The van der Waals surface area contributed by atoms with Crippen molar-refractivity contribution in [3.63, 3.8) is 0 Å². The molecule has 3 aromatic rings. The number of anilines is 1. The predicted octanol–water partition coefficient (Wildman–Crippen LogP) is 3.77. The predicted molar refractivity (Wildman–Crippen MR) is 88.4 cm³/mol. The van der Waals surface area contributed by atoms with Crippen LogP contribution in [-0.4, -0.2) is 21.3 Å². The molecular formula is C18H18N4. The minimum Gasteiger partial charge on any atom is -0.383 e. The van der Waals surface area contributed by atoms with Gasteiger partial charge in [0.1, 0.15) is 5.82 Å². The van der Waals surface area contributed by atoms with Crippen LogP contribution in [-0.2, 0) is 0 Å². The summed E-state index contributed by atoms with van der Waals surface area (Å²) in [6.07, 6.45) is 0. The molecule has 0 bridgehead atoms. The molecule has 0 saturated carbocycles. The molecule has 4 rings (SSSR count). The van der Waals surface area contributed by atoms with Gasteiger partial charge < -0.3 is 5.32 Å². The van der Waals surface area contributed by atoms with E-state index in [0.29, 0.717) is 5.92 Å². The summed E-state index contributed by atoms with van der Waals surface area (Å²) < 4.78 is 2.20. The summed E-state index contributed by atoms with van der Waals surface area (Å²) in [5, 5.41) is 12.5. The maximum atomic E-state index is 4.48. The molecule has 0 fully saturated rings. The molecule has 22 heavy (non-hydrogen) atoms. The standard InChI is InChI=1S/C18H18N4/c1-12-8-9-15-16(10-12)22-17(13(2)11-19-15)20-21-18(22)14-6-4-3-5-7-14/h3-10,13,19H,11H2,1-2H3. The zero-order chi connectivity index (χ0) is 15.1. The lowest BCUT2D eigenvalue weighted by Crippen LogP contribution is -2.09. The number of rotatable bonds is 1. The van der Waals surface area contributed by atoms with Gasteiger partial charge in [-0.3, -0.25) is 4.57 Å². The third kappa shape index (κ3) is 1.99. The number of nitrogens with zero attached hydrogens (tertiary/aromatic N) is 3. The van der Waals surface area contributed by atoms with Crippen molar-refractivity contribution < 1.29 is 0 Å². The summed E-state index contributed by atoms with van der Waals surface area (Å²) in [5.74, 6) is 2.21. The summed E-state index contributed by atoms with van der Waals surface area (Å²) in [6.45, 7) is 5.16. The van der Waals surface area contributed by atoms with E-state index in [2.05, 4.69) is 64.3 Å². The first-order valence-corrected chi connectivity index (χ1v) is 7.59. The SMILES string of the molecule is Cc1ccc2c(c1)-n1c(-c3ccccc3)nnc1C(C)CN2. The Morgan fingerprint density at radius 1 is 1.09 bits per heavy atom. The van der Waals surface area contributed by atoms with Crippen molar-refractivity contribution in [1.82, 2.24) is 14.8 Å². The minimum absolute atomic E-state index is 0.303. The Labute approximate surface area is 129 Å². The van der Waals surface area contributed by atoms with E-state index in [1.165, 1.54) is 5.56 Å². The van der Waals surface area contributed by atoms with Gasteiger partial charge in [-0.25, -0.2) is 0 Å². The third-order valence-corrected chi connectivity index (χ3v) is 4.15. The van der Waals surface area contributed by atoms with Gasteiger partial charge in [0.05, 0.1) is 11.4 Å². The van der Waals surface area contributed by atoms with Crippen LogP contribution >= 0.6 is 0 Å². The van der Waals surface area contributed by atoms with Gasteiger partial charge in [-0.1, -0.05) is 43.3 Å². The lowest BCUT2D eigenvalue weighted by atomic mass is 10.1. The Bertz CT molecular complexity index is 820. The lowest BCUT2D eigenvalue weighted by Gasteiger charge is -2.13. The summed E-state index contributed by atoms with van der Waals surface area (Å²) >= 11 is 0. The zero-order valence-corrected chi connectivity index (χ0v) is 12.7. The quantitative estimate of drug-likeness (QED) is 0.742. The van der Waals surface area contributed by atoms with E-state index in [1.54, 1.807) is 0 Å². The van der Waals surface area contributed by atoms with E-state index in [0.717, 1.165) is 35.1 Å². The van der Waals surface area contributed by atoms with Crippen LogP contribution in [0.1, 0.15) is 24.2 Å². The smallest absolute Gasteiger partial charge is 0.168 e. The molecule has 1 atom stereocenters. The highest BCUT2D eigenvalue weighted by molar-refractivity contribution is 5.68. The van der Waals surface area contributed by atoms with Crippen LogP contribution in [0.5, 0.6) is 0 Å². The van der Waals surface area contributed by atoms with Gasteiger partial charge in [0.25, 0.3) is 0 Å². The van der Waals surface area contributed by atoms with Crippen molar-refractivity contribution in [2.75, 3.05) is 11.9 Å². The molecule has 110 valence electrons. The zero-order valence-electron chi connectivity index (χ0n) is 12.7. The van der Waals surface area contributed by atoms with E-state index < -0.39 is 0 Å². The van der Waals surface area contributed by atoms with E-state index in [1.807, 2.05) is 18.2 Å². The fraction of sp³-hybridized carbons (Fsp3) is 0.222. The Morgan fingerprint density at radius 3 is 2.73 bits per heavy atom. The van der Waals surface area contributed by atoms with Crippen LogP contribution in [0.15, 0.2) is 48.5 Å². The largest absolute Gasteiger partial charge is 0.383 e. The Morgan fingerprint density at radius 2 is 1.91 bits per heavy atom. The van der Waals surface area contributed by atoms with Crippen molar-refractivity contribution in [3.05, 3.63) is 59.9 Å².